The molecule has 4 rings (SSSR count). The number of anilines is 1. The van der Waals surface area contributed by atoms with Crippen molar-refractivity contribution in [2.45, 2.75) is 31.1 Å². The second-order valence-electron chi connectivity index (χ2n) is 10.3. The lowest BCUT2D eigenvalue weighted by Gasteiger charge is -2.24. The summed E-state index contributed by atoms with van der Waals surface area (Å²) in [6.07, 6.45) is -2.74. The standard InChI is InChI=1S/C28H33F3N6O4S/c1-37(2)12-11-32-27(38)19-10-9-18(23(14-19)41-3)15-24-33-16-21(28(29,30)31)26(35-24)34-22-13-17-7-5-6-8-20(17)25(22)36-42(4,39)40/h5-10,14,16,22,25,36H,11-13,15H2,1-4H3,(H,32,38)(H,33,34,35)/t22-,25-/m1/s1. The number of methoxy groups -OCH3 is 1. The number of halogens is 3. The van der Waals surface area contributed by atoms with Crippen molar-refractivity contribution in [1.29, 1.82) is 0 Å². The molecule has 42 heavy (non-hydrogen) atoms. The third-order valence-electron chi connectivity index (χ3n) is 6.78. The zero-order valence-electron chi connectivity index (χ0n) is 23.6. The molecule has 3 aromatic rings. The van der Waals surface area contributed by atoms with Crippen LogP contribution in [0, 0.1) is 0 Å². The molecular formula is C28H33F3N6O4S. The highest BCUT2D eigenvalue weighted by molar-refractivity contribution is 7.88. The number of hydrogen-bond donors (Lipinski definition) is 3. The summed E-state index contributed by atoms with van der Waals surface area (Å²) in [7, 11) is 1.54. The minimum atomic E-state index is -4.76. The fourth-order valence-corrected chi connectivity index (χ4v) is 5.55. The average molecular weight is 607 g/mol. The lowest BCUT2D eigenvalue weighted by Crippen LogP contribution is -2.38. The predicted octanol–water partition coefficient (Wildman–Crippen LogP) is 3.01. The molecule has 14 heteroatoms. The van der Waals surface area contributed by atoms with E-state index >= 15 is 0 Å². The van der Waals surface area contributed by atoms with Crippen molar-refractivity contribution in [3.63, 3.8) is 0 Å². The molecule has 1 aliphatic rings. The molecule has 1 aliphatic carbocycles. The fourth-order valence-electron chi connectivity index (χ4n) is 4.80. The first-order chi connectivity index (χ1) is 19.7. The molecule has 0 saturated carbocycles. The summed E-state index contributed by atoms with van der Waals surface area (Å²) in [5, 5.41) is 5.67. The smallest absolute Gasteiger partial charge is 0.421 e. The predicted molar refractivity (Wildman–Crippen MR) is 152 cm³/mol. The number of nitrogens with one attached hydrogen (secondary N) is 3. The summed E-state index contributed by atoms with van der Waals surface area (Å²) in [5.74, 6) is -0.303. The van der Waals surface area contributed by atoms with E-state index in [9.17, 15) is 26.4 Å². The quantitative estimate of drug-likeness (QED) is 0.304. The topological polar surface area (TPSA) is 126 Å². The number of aromatic nitrogens is 2. The van der Waals surface area contributed by atoms with Gasteiger partial charge in [-0.2, -0.15) is 13.2 Å². The number of likely N-dealkylation sites (N-methyl/N-ethyl adjacent to an activating group) is 1. The van der Waals surface area contributed by atoms with Crippen LogP contribution in [0.3, 0.4) is 0 Å². The Morgan fingerprint density at radius 2 is 1.90 bits per heavy atom. The Hall–Kier alpha value is -3.75. The van der Waals surface area contributed by atoms with E-state index in [1.165, 1.54) is 7.11 Å². The van der Waals surface area contributed by atoms with E-state index in [-0.39, 0.29) is 24.6 Å². The molecule has 1 amide bonds. The number of fused-ring (bicyclic) bond motifs is 1. The van der Waals surface area contributed by atoms with Crippen LogP contribution in [-0.2, 0) is 29.0 Å². The molecule has 0 spiro atoms. The van der Waals surface area contributed by atoms with Gasteiger partial charge in [0.1, 0.15) is 23.0 Å². The maximum Gasteiger partial charge on any atom is 0.421 e. The largest absolute Gasteiger partial charge is 0.496 e. The highest BCUT2D eigenvalue weighted by Gasteiger charge is 2.39. The average Bonchev–Trinajstić information content (AvgIpc) is 3.23. The third-order valence-corrected chi connectivity index (χ3v) is 7.46. The van der Waals surface area contributed by atoms with Crippen LogP contribution in [0.15, 0.2) is 48.7 Å². The normalized spacial score (nSPS) is 16.8. The van der Waals surface area contributed by atoms with E-state index in [4.69, 9.17) is 4.74 Å². The number of amides is 1. The Labute approximate surface area is 242 Å². The van der Waals surface area contributed by atoms with E-state index in [1.54, 1.807) is 36.4 Å². The van der Waals surface area contributed by atoms with Crippen molar-refractivity contribution in [2.75, 3.05) is 45.9 Å². The number of alkyl halides is 3. The van der Waals surface area contributed by atoms with Gasteiger partial charge in [-0.25, -0.2) is 23.1 Å². The minimum absolute atomic E-state index is 0.0223. The van der Waals surface area contributed by atoms with Crippen molar-refractivity contribution >= 4 is 21.7 Å². The van der Waals surface area contributed by atoms with Crippen molar-refractivity contribution in [2.24, 2.45) is 0 Å². The number of carbonyl (C=O) groups excluding carboxylic acids is 1. The van der Waals surface area contributed by atoms with Gasteiger partial charge in [-0.15, -0.1) is 0 Å². The summed E-state index contributed by atoms with van der Waals surface area (Å²) >= 11 is 0. The van der Waals surface area contributed by atoms with Crippen LogP contribution in [-0.4, -0.2) is 75.8 Å². The molecule has 0 saturated heterocycles. The molecule has 226 valence electrons. The van der Waals surface area contributed by atoms with Crippen LogP contribution >= 0.6 is 0 Å². The maximum absolute atomic E-state index is 14.0. The summed E-state index contributed by atoms with van der Waals surface area (Å²) in [5.41, 5.74) is 1.36. The lowest BCUT2D eigenvalue weighted by molar-refractivity contribution is -0.137. The first kappa shape index (κ1) is 31.2. The SMILES string of the molecule is COc1cc(C(=O)NCCN(C)C)ccc1Cc1ncc(C(F)(F)F)c(N[C@@H]2Cc3ccccc3[C@H]2NS(C)(=O)=O)n1. The summed E-state index contributed by atoms with van der Waals surface area (Å²) < 4.78 is 74.2. The van der Waals surface area contributed by atoms with Crippen LogP contribution in [0.25, 0.3) is 0 Å². The van der Waals surface area contributed by atoms with Gasteiger partial charge >= 0.3 is 6.18 Å². The van der Waals surface area contributed by atoms with Crippen molar-refractivity contribution in [1.82, 2.24) is 24.9 Å². The van der Waals surface area contributed by atoms with Gasteiger partial charge in [0.05, 0.1) is 25.4 Å². The molecule has 1 aromatic heterocycles. The highest BCUT2D eigenvalue weighted by Crippen LogP contribution is 2.38. The van der Waals surface area contributed by atoms with Crippen LogP contribution in [0.1, 0.15) is 44.5 Å². The van der Waals surface area contributed by atoms with E-state index in [0.717, 1.165) is 11.8 Å². The summed E-state index contributed by atoms with van der Waals surface area (Å²) in [6.45, 7) is 1.12. The van der Waals surface area contributed by atoms with Gasteiger partial charge in [0.25, 0.3) is 5.91 Å². The number of benzene rings is 2. The van der Waals surface area contributed by atoms with Gasteiger partial charge in [0.15, 0.2) is 0 Å². The van der Waals surface area contributed by atoms with Crippen LogP contribution in [0.5, 0.6) is 5.75 Å². The zero-order valence-corrected chi connectivity index (χ0v) is 24.4. The first-order valence-corrected chi connectivity index (χ1v) is 15.0. The second kappa shape index (κ2) is 12.6. The zero-order chi connectivity index (χ0) is 30.7. The van der Waals surface area contributed by atoms with Gasteiger partial charge < -0.3 is 20.3 Å². The number of ether oxygens (including phenoxy) is 1. The minimum Gasteiger partial charge on any atom is -0.496 e. The Balaban J connectivity index is 1.61. The number of hydrogen-bond acceptors (Lipinski definition) is 8. The Morgan fingerprint density at radius 1 is 1.17 bits per heavy atom. The van der Waals surface area contributed by atoms with E-state index in [1.807, 2.05) is 25.1 Å². The molecule has 3 N–H and O–H groups in total. The molecule has 0 aliphatic heterocycles. The molecule has 10 nitrogen and oxygen atoms in total. The molecule has 2 atom stereocenters. The van der Waals surface area contributed by atoms with Crippen LogP contribution in [0.4, 0.5) is 19.0 Å². The van der Waals surface area contributed by atoms with Crippen LogP contribution < -0.4 is 20.1 Å². The van der Waals surface area contributed by atoms with Gasteiger partial charge in [-0.3, -0.25) is 4.79 Å². The summed E-state index contributed by atoms with van der Waals surface area (Å²) in [4.78, 5) is 22.7. The third kappa shape index (κ3) is 7.75. The molecule has 1 heterocycles. The van der Waals surface area contributed by atoms with E-state index in [0.29, 0.717) is 41.7 Å². The fraction of sp³-hybridized carbons (Fsp3) is 0.393. The van der Waals surface area contributed by atoms with Crippen molar-refractivity contribution < 1.29 is 31.1 Å². The monoisotopic (exact) mass is 606 g/mol. The highest BCUT2D eigenvalue weighted by atomic mass is 32.2. The van der Waals surface area contributed by atoms with Gasteiger partial charge in [0, 0.05) is 36.8 Å². The number of carbonyl (C=O) groups is 1. The van der Waals surface area contributed by atoms with E-state index < -0.39 is 39.7 Å². The molecule has 2 aromatic carbocycles. The maximum atomic E-state index is 14.0. The summed E-state index contributed by atoms with van der Waals surface area (Å²) in [6, 6.07) is 10.4. The molecule has 0 fully saturated rings. The van der Waals surface area contributed by atoms with Gasteiger partial charge in [-0.05, 0) is 43.8 Å². The number of nitrogens with zero attached hydrogens (tertiary/aromatic N) is 3. The van der Waals surface area contributed by atoms with Gasteiger partial charge in [-0.1, -0.05) is 30.3 Å². The van der Waals surface area contributed by atoms with Gasteiger partial charge in [0.2, 0.25) is 10.0 Å². The molecule has 0 radical (unpaired) electrons. The van der Waals surface area contributed by atoms with E-state index in [2.05, 4.69) is 25.3 Å². The Bertz CT molecular complexity index is 1550. The molecule has 0 unspecified atom stereocenters. The van der Waals surface area contributed by atoms with Crippen molar-refractivity contribution in [3.05, 3.63) is 82.3 Å². The number of sulfonamides is 1. The molecular weight excluding hydrogens is 573 g/mol. The number of rotatable bonds is 11. The van der Waals surface area contributed by atoms with Crippen LogP contribution in [0.2, 0.25) is 0 Å². The Kier molecular flexibility index (Phi) is 9.38. The Morgan fingerprint density at radius 3 is 2.57 bits per heavy atom. The molecule has 0 bridgehead atoms. The lowest BCUT2D eigenvalue weighted by atomic mass is 10.1. The second-order valence-corrected chi connectivity index (χ2v) is 12.1. The van der Waals surface area contributed by atoms with Crippen molar-refractivity contribution in [3.8, 4) is 5.75 Å². The first-order valence-electron chi connectivity index (χ1n) is 13.1.